The molecule has 0 aliphatic carbocycles. The topological polar surface area (TPSA) is 73.1 Å². The van der Waals surface area contributed by atoms with Crippen LogP contribution in [0.2, 0.25) is 0 Å². The van der Waals surface area contributed by atoms with Crippen LogP contribution in [0.15, 0.2) is 24.3 Å². The van der Waals surface area contributed by atoms with E-state index < -0.39 is 0 Å². The number of ether oxygens (including phenoxy) is 1. The zero-order chi connectivity index (χ0) is 13.5. The molecule has 2 rings (SSSR count). The lowest BCUT2D eigenvalue weighted by Crippen LogP contribution is -1.99. The molecule has 0 saturated heterocycles. The van der Waals surface area contributed by atoms with E-state index in [1.54, 1.807) is 7.05 Å². The number of aromatic nitrogens is 4. The van der Waals surface area contributed by atoms with Crippen molar-refractivity contribution in [1.29, 1.82) is 0 Å². The molecule has 98 valence electrons. The van der Waals surface area contributed by atoms with Gasteiger partial charge in [0.1, 0.15) is 5.75 Å². The summed E-state index contributed by atoms with van der Waals surface area (Å²) in [5, 5.41) is 20.2. The van der Waals surface area contributed by atoms with Gasteiger partial charge in [-0.1, -0.05) is 11.8 Å². The maximum Gasteiger partial charge on any atom is 0.212 e. The molecule has 1 aromatic carbocycles. The van der Waals surface area contributed by atoms with Gasteiger partial charge in [0.25, 0.3) is 0 Å². The molecule has 0 fully saturated rings. The van der Waals surface area contributed by atoms with Gasteiger partial charge in [-0.2, -0.15) is 4.80 Å². The van der Waals surface area contributed by atoms with Crippen LogP contribution in [0.5, 0.6) is 5.75 Å². The summed E-state index contributed by atoms with van der Waals surface area (Å²) in [4.78, 5) is 1.39. The molecule has 0 saturated carbocycles. The van der Waals surface area contributed by atoms with Crippen LogP contribution in [0.25, 0.3) is 0 Å². The summed E-state index contributed by atoms with van der Waals surface area (Å²) in [7, 11) is 1.70. The Morgan fingerprint density at radius 2 is 2.11 bits per heavy atom. The number of tetrazole rings is 1. The summed E-state index contributed by atoms with van der Waals surface area (Å²) in [5.41, 5.74) is 0.887. The van der Waals surface area contributed by atoms with Gasteiger partial charge in [0.15, 0.2) is 6.61 Å². The molecule has 6 nitrogen and oxygen atoms in total. The fourth-order valence-electron chi connectivity index (χ4n) is 1.38. The van der Waals surface area contributed by atoms with Crippen molar-refractivity contribution in [2.75, 3.05) is 6.61 Å². The normalized spacial score (nSPS) is 9.79. The van der Waals surface area contributed by atoms with Crippen molar-refractivity contribution >= 4 is 0 Å². The number of benzene rings is 1. The maximum absolute atomic E-state index is 8.63. The zero-order valence-electron chi connectivity index (χ0n) is 10.6. The van der Waals surface area contributed by atoms with Gasteiger partial charge in [-0.25, -0.2) is 0 Å². The molecule has 0 radical (unpaired) electrons. The quantitative estimate of drug-likeness (QED) is 0.809. The van der Waals surface area contributed by atoms with Gasteiger partial charge < -0.3 is 9.84 Å². The van der Waals surface area contributed by atoms with Crippen LogP contribution in [-0.2, 0) is 13.7 Å². The maximum atomic E-state index is 8.63. The third-order valence-corrected chi connectivity index (χ3v) is 2.24. The minimum Gasteiger partial charge on any atom is -0.485 e. The molecule has 1 aromatic heterocycles. The van der Waals surface area contributed by atoms with Gasteiger partial charge in [-0.05, 0) is 29.5 Å². The molecule has 0 aliphatic rings. The second kappa shape index (κ2) is 6.52. The summed E-state index contributed by atoms with van der Waals surface area (Å²) in [6.07, 6.45) is 0.483. The number of aliphatic hydroxyl groups excluding tert-OH is 1. The van der Waals surface area contributed by atoms with E-state index >= 15 is 0 Å². The van der Waals surface area contributed by atoms with Gasteiger partial charge >= 0.3 is 0 Å². The third-order valence-electron chi connectivity index (χ3n) is 2.24. The van der Waals surface area contributed by atoms with Gasteiger partial charge in [0.2, 0.25) is 5.82 Å². The minimum atomic E-state index is 0.0826. The standard InChI is InChI=1S/C13H14N4O2/c1-17-15-13(14-16-17)10-19-12-7-5-11(6-8-12)4-2-3-9-18/h5-8,18H,3,9-10H2,1H3. The van der Waals surface area contributed by atoms with E-state index in [1.807, 2.05) is 24.3 Å². The predicted octanol–water partition coefficient (Wildman–Crippen LogP) is 0.523. The molecule has 1 N–H and O–H groups in total. The highest BCUT2D eigenvalue weighted by Crippen LogP contribution is 2.12. The predicted molar refractivity (Wildman–Crippen MR) is 68.2 cm³/mol. The third kappa shape index (κ3) is 4.08. The van der Waals surface area contributed by atoms with Crippen molar-refractivity contribution < 1.29 is 9.84 Å². The SMILES string of the molecule is Cn1nnc(COc2ccc(C#CCCO)cc2)n1. The van der Waals surface area contributed by atoms with Crippen LogP contribution in [0.1, 0.15) is 17.8 Å². The van der Waals surface area contributed by atoms with E-state index in [2.05, 4.69) is 27.3 Å². The molecule has 19 heavy (non-hydrogen) atoms. The number of hydrogen-bond acceptors (Lipinski definition) is 5. The molecule has 0 spiro atoms. The first kappa shape index (κ1) is 13.1. The van der Waals surface area contributed by atoms with E-state index in [0.29, 0.717) is 12.2 Å². The van der Waals surface area contributed by atoms with Crippen LogP contribution in [0.3, 0.4) is 0 Å². The van der Waals surface area contributed by atoms with Crippen LogP contribution in [-0.4, -0.2) is 31.9 Å². The van der Waals surface area contributed by atoms with Crippen molar-refractivity contribution in [2.45, 2.75) is 13.0 Å². The molecule has 6 heteroatoms. The lowest BCUT2D eigenvalue weighted by molar-refractivity contribution is 0.295. The number of hydrogen-bond donors (Lipinski definition) is 1. The van der Waals surface area contributed by atoms with E-state index in [9.17, 15) is 0 Å². The highest BCUT2D eigenvalue weighted by atomic mass is 16.5. The Morgan fingerprint density at radius 1 is 1.32 bits per heavy atom. The van der Waals surface area contributed by atoms with Gasteiger partial charge in [0, 0.05) is 12.0 Å². The zero-order valence-corrected chi connectivity index (χ0v) is 10.6. The number of aliphatic hydroxyl groups is 1. The van der Waals surface area contributed by atoms with Crippen LogP contribution in [0.4, 0.5) is 0 Å². The molecule has 0 aliphatic heterocycles. The number of nitrogens with zero attached hydrogens (tertiary/aromatic N) is 4. The largest absolute Gasteiger partial charge is 0.485 e. The first-order valence-corrected chi connectivity index (χ1v) is 5.83. The summed E-state index contributed by atoms with van der Waals surface area (Å²) in [5.74, 6) is 7.06. The van der Waals surface area contributed by atoms with Crippen molar-refractivity contribution in [1.82, 2.24) is 20.2 Å². The fraction of sp³-hybridized carbons (Fsp3) is 0.308. The first-order chi connectivity index (χ1) is 9.28. The smallest absolute Gasteiger partial charge is 0.212 e. The van der Waals surface area contributed by atoms with Crippen LogP contribution < -0.4 is 4.74 Å². The van der Waals surface area contributed by atoms with Crippen molar-refractivity contribution in [3.8, 4) is 17.6 Å². The number of aryl methyl sites for hydroxylation is 1. The molecular formula is C13H14N4O2. The Balaban J connectivity index is 1.90. The Labute approximate surface area is 111 Å². The van der Waals surface area contributed by atoms with E-state index in [4.69, 9.17) is 9.84 Å². The number of rotatable bonds is 4. The minimum absolute atomic E-state index is 0.0826. The average molecular weight is 258 g/mol. The molecular weight excluding hydrogens is 244 g/mol. The van der Waals surface area contributed by atoms with Gasteiger partial charge in [0.05, 0.1) is 13.7 Å². The molecule has 0 bridgehead atoms. The van der Waals surface area contributed by atoms with Crippen molar-refractivity contribution in [3.63, 3.8) is 0 Å². The van der Waals surface area contributed by atoms with E-state index in [1.165, 1.54) is 4.80 Å². The summed E-state index contributed by atoms with van der Waals surface area (Å²) in [6.45, 7) is 0.364. The van der Waals surface area contributed by atoms with Gasteiger partial charge in [-0.3, -0.25) is 0 Å². The van der Waals surface area contributed by atoms with Crippen molar-refractivity contribution in [3.05, 3.63) is 35.7 Å². The summed E-state index contributed by atoms with van der Waals surface area (Å²) >= 11 is 0. The van der Waals surface area contributed by atoms with Crippen molar-refractivity contribution in [2.24, 2.45) is 7.05 Å². The first-order valence-electron chi connectivity index (χ1n) is 5.83. The Hall–Kier alpha value is -2.39. The molecule has 1 heterocycles. The van der Waals surface area contributed by atoms with Crippen LogP contribution >= 0.6 is 0 Å². The van der Waals surface area contributed by atoms with Gasteiger partial charge in [-0.15, -0.1) is 10.2 Å². The van der Waals surface area contributed by atoms with E-state index in [-0.39, 0.29) is 13.2 Å². The lowest BCUT2D eigenvalue weighted by Gasteiger charge is -2.02. The Bertz CT molecular complexity index is 581. The highest BCUT2D eigenvalue weighted by molar-refractivity contribution is 5.38. The molecule has 0 unspecified atom stereocenters. The molecule has 0 atom stereocenters. The van der Waals surface area contributed by atoms with E-state index in [0.717, 1.165) is 11.3 Å². The Kier molecular flexibility index (Phi) is 4.48. The van der Waals surface area contributed by atoms with Crippen LogP contribution in [0, 0.1) is 11.8 Å². The summed E-state index contributed by atoms with van der Waals surface area (Å²) < 4.78 is 5.52. The molecule has 2 aromatic rings. The average Bonchev–Trinajstić information content (AvgIpc) is 2.84. The summed E-state index contributed by atoms with van der Waals surface area (Å²) in [6, 6.07) is 7.40. The second-order valence-corrected chi connectivity index (χ2v) is 3.78. The lowest BCUT2D eigenvalue weighted by atomic mass is 10.2. The molecule has 0 amide bonds. The highest BCUT2D eigenvalue weighted by Gasteiger charge is 2.01. The second-order valence-electron chi connectivity index (χ2n) is 3.78. The Morgan fingerprint density at radius 3 is 2.74 bits per heavy atom. The fourth-order valence-corrected chi connectivity index (χ4v) is 1.38. The monoisotopic (exact) mass is 258 g/mol.